The molecule has 0 aliphatic carbocycles. The van der Waals surface area contributed by atoms with E-state index < -0.39 is 19.0 Å². The average Bonchev–Trinajstić information content (AvgIpc) is 2.35. The van der Waals surface area contributed by atoms with Crippen LogP contribution in [-0.2, 0) is 0 Å². The number of oxime groups is 1. The first-order valence-electron chi connectivity index (χ1n) is 5.16. The fourth-order valence-electron chi connectivity index (χ4n) is 1.33. The number of nitrogens with zero attached hydrogens (tertiary/aromatic N) is 1. The largest absolute Gasteiger partial charge is 0.486 e. The quantitative estimate of drug-likeness (QED) is 0.286. The van der Waals surface area contributed by atoms with Crippen LogP contribution in [0.25, 0.3) is 0 Å². The summed E-state index contributed by atoms with van der Waals surface area (Å²) in [7, 11) is 0. The molecule has 0 aliphatic heterocycles. The maximum absolute atomic E-state index is 12.8. The number of rotatable bonds is 5. The molecule has 0 heterocycles. The van der Waals surface area contributed by atoms with Gasteiger partial charge in [0.25, 0.3) is 0 Å². The Morgan fingerprint density at radius 2 is 2.11 bits per heavy atom. The van der Waals surface area contributed by atoms with E-state index in [1.54, 1.807) is 0 Å². The van der Waals surface area contributed by atoms with E-state index in [1.165, 1.54) is 25.1 Å². The lowest BCUT2D eigenvalue weighted by molar-refractivity contribution is -0.148. The predicted octanol–water partition coefficient (Wildman–Crippen LogP) is 2.37. The van der Waals surface area contributed by atoms with Gasteiger partial charge in [-0.05, 0) is 18.6 Å². The molecule has 19 heavy (non-hydrogen) atoms. The summed E-state index contributed by atoms with van der Waals surface area (Å²) in [5, 5.41) is 11.3. The average molecular weight is 280 g/mol. The molecule has 0 fully saturated rings. The number of ether oxygens (including phenoxy) is 1. The summed E-state index contributed by atoms with van der Waals surface area (Å²) in [6.45, 7) is 0.0191. The van der Waals surface area contributed by atoms with Gasteiger partial charge in [-0.25, -0.2) is 8.78 Å². The van der Waals surface area contributed by atoms with Crippen LogP contribution >= 0.6 is 0 Å². The van der Waals surface area contributed by atoms with Crippen molar-refractivity contribution in [2.45, 2.75) is 19.3 Å². The van der Waals surface area contributed by atoms with Crippen LogP contribution in [0.4, 0.5) is 17.6 Å². The van der Waals surface area contributed by atoms with Crippen molar-refractivity contribution in [3.63, 3.8) is 0 Å². The number of amidine groups is 1. The molecule has 0 atom stereocenters. The highest BCUT2D eigenvalue weighted by Crippen LogP contribution is 2.28. The topological polar surface area (TPSA) is 67.8 Å². The highest BCUT2D eigenvalue weighted by molar-refractivity contribution is 5.99. The van der Waals surface area contributed by atoms with E-state index in [1.807, 2.05) is 0 Å². The number of nitrogens with two attached hydrogens (primary N) is 1. The lowest BCUT2D eigenvalue weighted by atomic mass is 10.1. The summed E-state index contributed by atoms with van der Waals surface area (Å²) in [6.07, 6.45) is -3.83. The van der Waals surface area contributed by atoms with E-state index in [-0.39, 0.29) is 17.1 Å². The molecule has 1 rings (SSSR count). The highest BCUT2D eigenvalue weighted by atomic mass is 19.3. The standard InChI is InChI=1S/C11H12F4N2O2/c1-6-3-2-4-7(9(16)17-18)8(6)19-5-11(14,15)10(12)13/h2-4,10,18H,5H2,1H3,(H2,16,17). The van der Waals surface area contributed by atoms with Gasteiger partial charge in [0.05, 0.1) is 5.56 Å². The van der Waals surface area contributed by atoms with Gasteiger partial charge in [-0.1, -0.05) is 17.3 Å². The lowest BCUT2D eigenvalue weighted by Crippen LogP contribution is -2.34. The minimum absolute atomic E-state index is 0.0487. The zero-order valence-corrected chi connectivity index (χ0v) is 9.91. The highest BCUT2D eigenvalue weighted by Gasteiger charge is 2.42. The van der Waals surface area contributed by atoms with Crippen LogP contribution in [0.2, 0.25) is 0 Å². The Labute approximate surface area is 106 Å². The third-order valence-corrected chi connectivity index (χ3v) is 2.32. The molecule has 1 aromatic carbocycles. The normalized spacial score (nSPS) is 12.8. The molecule has 0 amide bonds. The Balaban J connectivity index is 3.01. The van der Waals surface area contributed by atoms with E-state index in [4.69, 9.17) is 15.7 Å². The molecule has 106 valence electrons. The molecule has 0 aromatic heterocycles. The first kappa shape index (κ1) is 15.1. The molecule has 3 N–H and O–H groups in total. The van der Waals surface area contributed by atoms with Gasteiger partial charge in [-0.2, -0.15) is 8.78 Å². The maximum atomic E-state index is 12.8. The molecule has 0 spiro atoms. The van der Waals surface area contributed by atoms with E-state index in [0.717, 1.165) is 0 Å². The lowest BCUT2D eigenvalue weighted by Gasteiger charge is -2.18. The number of hydrogen-bond donors (Lipinski definition) is 2. The molecule has 4 nitrogen and oxygen atoms in total. The van der Waals surface area contributed by atoms with Crippen molar-refractivity contribution in [3.05, 3.63) is 29.3 Å². The fraction of sp³-hybridized carbons (Fsp3) is 0.364. The number of aryl methyl sites for hydroxylation is 1. The maximum Gasteiger partial charge on any atom is 0.340 e. The minimum atomic E-state index is -4.27. The molecular weight excluding hydrogens is 268 g/mol. The molecule has 0 radical (unpaired) electrons. The van der Waals surface area contributed by atoms with Crippen LogP contribution < -0.4 is 10.5 Å². The second-order valence-electron chi connectivity index (χ2n) is 3.79. The van der Waals surface area contributed by atoms with Crippen molar-refractivity contribution in [1.29, 1.82) is 0 Å². The van der Waals surface area contributed by atoms with Crippen LogP contribution in [0, 0.1) is 6.92 Å². The van der Waals surface area contributed by atoms with Crippen molar-refractivity contribution < 1.29 is 27.5 Å². The van der Waals surface area contributed by atoms with Crippen molar-refractivity contribution in [3.8, 4) is 5.75 Å². The molecule has 0 unspecified atom stereocenters. The second-order valence-corrected chi connectivity index (χ2v) is 3.79. The Kier molecular flexibility index (Phi) is 4.57. The molecule has 0 aliphatic rings. The second kappa shape index (κ2) is 5.77. The number of benzene rings is 1. The zero-order chi connectivity index (χ0) is 14.6. The summed E-state index contributed by atoms with van der Waals surface area (Å²) < 4.78 is 54.3. The third kappa shape index (κ3) is 3.49. The Morgan fingerprint density at radius 3 is 2.63 bits per heavy atom. The first-order chi connectivity index (χ1) is 8.79. The summed E-state index contributed by atoms with van der Waals surface area (Å²) >= 11 is 0. The van der Waals surface area contributed by atoms with Gasteiger partial charge in [-0.3, -0.25) is 0 Å². The van der Waals surface area contributed by atoms with E-state index in [2.05, 4.69) is 5.16 Å². The summed E-state index contributed by atoms with van der Waals surface area (Å²) in [6, 6.07) is 4.41. The van der Waals surface area contributed by atoms with E-state index in [9.17, 15) is 17.6 Å². The zero-order valence-electron chi connectivity index (χ0n) is 9.91. The van der Waals surface area contributed by atoms with Crippen molar-refractivity contribution in [1.82, 2.24) is 0 Å². The van der Waals surface area contributed by atoms with Crippen LogP contribution in [0.1, 0.15) is 11.1 Å². The number of halogens is 4. The molecule has 0 saturated heterocycles. The molecular formula is C11H12F4N2O2. The van der Waals surface area contributed by atoms with Crippen molar-refractivity contribution in [2.24, 2.45) is 10.9 Å². The van der Waals surface area contributed by atoms with Gasteiger partial charge in [0, 0.05) is 0 Å². The predicted molar refractivity (Wildman–Crippen MR) is 60.1 cm³/mol. The molecule has 1 aromatic rings. The summed E-state index contributed by atoms with van der Waals surface area (Å²) in [5.41, 5.74) is 5.79. The van der Waals surface area contributed by atoms with Crippen LogP contribution in [0.15, 0.2) is 23.4 Å². The molecule has 0 saturated carbocycles. The van der Waals surface area contributed by atoms with Crippen molar-refractivity contribution in [2.75, 3.05) is 6.61 Å². The number of hydrogen-bond acceptors (Lipinski definition) is 3. The fourth-order valence-corrected chi connectivity index (χ4v) is 1.33. The van der Waals surface area contributed by atoms with Gasteiger partial charge in [0.2, 0.25) is 0 Å². The SMILES string of the molecule is Cc1cccc(/C(N)=N/O)c1OCC(F)(F)C(F)F. The van der Waals surface area contributed by atoms with E-state index >= 15 is 0 Å². The molecule has 0 bridgehead atoms. The van der Waals surface area contributed by atoms with Gasteiger partial charge in [-0.15, -0.1) is 0 Å². The Morgan fingerprint density at radius 1 is 1.47 bits per heavy atom. The number of para-hydroxylation sites is 1. The monoisotopic (exact) mass is 280 g/mol. The van der Waals surface area contributed by atoms with E-state index in [0.29, 0.717) is 5.56 Å². The summed E-state index contributed by atoms with van der Waals surface area (Å²) in [5.74, 6) is -4.76. The third-order valence-electron chi connectivity index (χ3n) is 2.32. The van der Waals surface area contributed by atoms with Gasteiger partial charge < -0.3 is 15.7 Å². The van der Waals surface area contributed by atoms with Gasteiger partial charge in [0.15, 0.2) is 12.4 Å². The van der Waals surface area contributed by atoms with Crippen molar-refractivity contribution >= 4 is 5.84 Å². The Hall–Kier alpha value is -1.99. The van der Waals surface area contributed by atoms with Gasteiger partial charge >= 0.3 is 12.3 Å². The number of alkyl halides is 4. The summed E-state index contributed by atoms with van der Waals surface area (Å²) in [4.78, 5) is 0. The first-order valence-corrected chi connectivity index (χ1v) is 5.16. The van der Waals surface area contributed by atoms with Gasteiger partial charge in [0.1, 0.15) is 5.75 Å². The minimum Gasteiger partial charge on any atom is -0.486 e. The van der Waals surface area contributed by atoms with Crippen LogP contribution in [0.3, 0.4) is 0 Å². The van der Waals surface area contributed by atoms with Crippen LogP contribution in [-0.4, -0.2) is 30.0 Å². The smallest absolute Gasteiger partial charge is 0.340 e. The Bertz CT molecular complexity index is 478. The molecule has 8 heteroatoms. The van der Waals surface area contributed by atoms with Crippen LogP contribution in [0.5, 0.6) is 5.75 Å².